The highest BCUT2D eigenvalue weighted by Crippen LogP contribution is 2.28. The lowest BCUT2D eigenvalue weighted by atomic mass is 10.2. The van der Waals surface area contributed by atoms with E-state index in [1.807, 2.05) is 49.6 Å². The summed E-state index contributed by atoms with van der Waals surface area (Å²) in [5, 5.41) is 0.752. The summed E-state index contributed by atoms with van der Waals surface area (Å²) in [4.78, 5) is 25.4. The monoisotopic (exact) mass is 389 g/mol. The Morgan fingerprint density at radius 1 is 1.11 bits per heavy atom. The van der Waals surface area contributed by atoms with Crippen molar-refractivity contribution in [3.05, 3.63) is 61.5 Å². The third kappa shape index (κ3) is 3.30. The smallest absolute Gasteiger partial charge is 0.331 e. The summed E-state index contributed by atoms with van der Waals surface area (Å²) in [5.41, 5.74) is 1.77. The van der Waals surface area contributed by atoms with Crippen LogP contribution in [0, 0.1) is 12.8 Å². The lowest BCUT2D eigenvalue weighted by Gasteiger charge is -2.13. The van der Waals surface area contributed by atoms with Crippen LogP contribution in [0.25, 0.3) is 10.9 Å². The van der Waals surface area contributed by atoms with Crippen LogP contribution in [0.1, 0.15) is 25.1 Å². The van der Waals surface area contributed by atoms with Gasteiger partial charge in [-0.15, -0.1) is 0 Å². The van der Waals surface area contributed by atoms with E-state index >= 15 is 0 Å². The predicted octanol–water partition coefficient (Wildman–Crippen LogP) is 3.18. The van der Waals surface area contributed by atoms with Crippen LogP contribution in [-0.4, -0.2) is 20.8 Å². The van der Waals surface area contributed by atoms with E-state index in [9.17, 15) is 9.59 Å². The molecule has 3 aromatic rings. The Kier molecular flexibility index (Phi) is 5.20. The fourth-order valence-electron chi connectivity index (χ4n) is 3.38. The summed E-state index contributed by atoms with van der Waals surface area (Å²) >= 11 is 6.62. The number of benzene rings is 1. The molecule has 0 spiro atoms. The fraction of sp³-hybridized carbons (Fsp3) is 0.400. The van der Waals surface area contributed by atoms with E-state index in [1.165, 1.54) is 7.05 Å². The summed E-state index contributed by atoms with van der Waals surface area (Å²) in [6, 6.07) is 7.68. The first-order valence-electron chi connectivity index (χ1n) is 8.87. The first kappa shape index (κ1) is 19.3. The van der Waals surface area contributed by atoms with Crippen LogP contribution >= 0.6 is 11.6 Å². The molecule has 0 radical (unpaired) electrons. The van der Waals surface area contributed by atoms with Gasteiger partial charge in [-0.3, -0.25) is 13.9 Å². The molecular formula is C20H24ClN3O3. The summed E-state index contributed by atoms with van der Waals surface area (Å²) in [7, 11) is 3.12. The van der Waals surface area contributed by atoms with E-state index in [1.54, 1.807) is 11.7 Å². The Hall–Kier alpha value is -2.47. The van der Waals surface area contributed by atoms with E-state index in [4.69, 9.17) is 16.3 Å². The van der Waals surface area contributed by atoms with Crippen molar-refractivity contribution in [3.63, 3.8) is 0 Å². The average molecular weight is 390 g/mol. The van der Waals surface area contributed by atoms with Crippen LogP contribution in [0.5, 0.6) is 5.75 Å². The van der Waals surface area contributed by atoms with E-state index in [2.05, 4.69) is 0 Å². The van der Waals surface area contributed by atoms with Gasteiger partial charge in [-0.1, -0.05) is 37.6 Å². The zero-order valence-electron chi connectivity index (χ0n) is 16.2. The number of fused-ring (bicyclic) bond motifs is 1. The van der Waals surface area contributed by atoms with Gasteiger partial charge in [0.1, 0.15) is 16.3 Å². The van der Waals surface area contributed by atoms with E-state index in [0.717, 1.165) is 21.6 Å². The number of nitrogens with zero attached hydrogens (tertiary/aromatic N) is 3. The van der Waals surface area contributed by atoms with Gasteiger partial charge in [0.25, 0.3) is 5.56 Å². The Morgan fingerprint density at radius 3 is 2.30 bits per heavy atom. The molecule has 0 atom stereocenters. The highest BCUT2D eigenvalue weighted by atomic mass is 35.5. The topological polar surface area (TPSA) is 58.2 Å². The summed E-state index contributed by atoms with van der Waals surface area (Å²) < 4.78 is 9.87. The zero-order chi connectivity index (χ0) is 19.9. The van der Waals surface area contributed by atoms with E-state index in [-0.39, 0.29) is 17.2 Å². The van der Waals surface area contributed by atoms with Gasteiger partial charge in [0.15, 0.2) is 0 Å². The Balaban J connectivity index is 2.24. The van der Waals surface area contributed by atoms with Gasteiger partial charge in [0.05, 0.1) is 12.6 Å². The van der Waals surface area contributed by atoms with Gasteiger partial charge >= 0.3 is 5.69 Å². The van der Waals surface area contributed by atoms with Gasteiger partial charge in [-0.25, -0.2) is 4.79 Å². The van der Waals surface area contributed by atoms with Crippen molar-refractivity contribution in [2.45, 2.75) is 33.9 Å². The van der Waals surface area contributed by atoms with Crippen molar-refractivity contribution in [3.8, 4) is 5.75 Å². The molecule has 2 aromatic heterocycles. The molecular weight excluding hydrogens is 366 g/mol. The SMILES string of the molecule is COc1ccc(Cn2c(Cl)c3c(=O)n(C)c(=O)n(CC(C)C)c3c2C)cc1. The first-order chi connectivity index (χ1) is 12.8. The molecule has 0 bridgehead atoms. The number of ether oxygens (including phenoxy) is 1. The fourth-order valence-corrected chi connectivity index (χ4v) is 3.73. The van der Waals surface area contributed by atoms with Gasteiger partial charge in [-0.2, -0.15) is 0 Å². The van der Waals surface area contributed by atoms with Crippen LogP contribution < -0.4 is 16.0 Å². The summed E-state index contributed by atoms with van der Waals surface area (Å²) in [6.07, 6.45) is 0. The van der Waals surface area contributed by atoms with Crippen LogP contribution in [0.2, 0.25) is 5.15 Å². The standard InChI is InChI=1S/C20H24ClN3O3/c1-12(2)10-24-17-13(3)23(11-14-6-8-15(27-5)9-7-14)18(21)16(17)19(25)22(4)20(24)26/h6-9,12H,10-11H2,1-5H3. The van der Waals surface area contributed by atoms with Crippen LogP contribution in [0.15, 0.2) is 33.9 Å². The molecule has 2 heterocycles. The molecule has 0 fully saturated rings. The highest BCUT2D eigenvalue weighted by Gasteiger charge is 2.22. The quantitative estimate of drug-likeness (QED) is 0.673. The second-order valence-electron chi connectivity index (χ2n) is 7.19. The lowest BCUT2D eigenvalue weighted by Crippen LogP contribution is -2.38. The second-order valence-corrected chi connectivity index (χ2v) is 7.54. The Labute approximate surface area is 162 Å². The predicted molar refractivity (Wildman–Crippen MR) is 108 cm³/mol. The maximum absolute atomic E-state index is 12.7. The molecule has 0 unspecified atom stereocenters. The Morgan fingerprint density at radius 2 is 1.74 bits per heavy atom. The number of halogens is 1. The number of aryl methyl sites for hydroxylation is 1. The van der Waals surface area contributed by atoms with Crippen molar-refractivity contribution in [1.82, 2.24) is 13.7 Å². The number of rotatable bonds is 5. The average Bonchev–Trinajstić information content (AvgIpc) is 2.88. The van der Waals surface area contributed by atoms with Gasteiger partial charge in [0, 0.05) is 25.8 Å². The highest BCUT2D eigenvalue weighted by molar-refractivity contribution is 6.34. The molecule has 0 aliphatic rings. The van der Waals surface area contributed by atoms with E-state index < -0.39 is 0 Å². The molecule has 0 aliphatic heterocycles. The van der Waals surface area contributed by atoms with E-state index in [0.29, 0.717) is 29.1 Å². The summed E-state index contributed by atoms with van der Waals surface area (Å²) in [6.45, 7) is 6.99. The van der Waals surface area contributed by atoms with Gasteiger partial charge < -0.3 is 9.30 Å². The number of aromatic nitrogens is 3. The molecule has 7 heteroatoms. The molecule has 27 heavy (non-hydrogen) atoms. The Bertz CT molecular complexity index is 1100. The van der Waals surface area contributed by atoms with Crippen molar-refractivity contribution < 1.29 is 4.74 Å². The molecule has 0 saturated heterocycles. The minimum Gasteiger partial charge on any atom is -0.497 e. The number of hydrogen-bond acceptors (Lipinski definition) is 3. The lowest BCUT2D eigenvalue weighted by molar-refractivity contribution is 0.414. The zero-order valence-corrected chi connectivity index (χ0v) is 17.0. The van der Waals surface area contributed by atoms with Crippen LogP contribution in [0.4, 0.5) is 0 Å². The molecule has 1 aromatic carbocycles. The molecule has 0 aliphatic carbocycles. The number of methoxy groups -OCH3 is 1. The molecule has 0 saturated carbocycles. The maximum Gasteiger partial charge on any atom is 0.331 e. The molecule has 3 rings (SSSR count). The first-order valence-corrected chi connectivity index (χ1v) is 9.25. The minimum absolute atomic E-state index is 0.256. The maximum atomic E-state index is 12.7. The molecule has 144 valence electrons. The van der Waals surface area contributed by atoms with Crippen LogP contribution in [0.3, 0.4) is 0 Å². The van der Waals surface area contributed by atoms with Crippen molar-refractivity contribution in [2.75, 3.05) is 7.11 Å². The molecule has 6 nitrogen and oxygen atoms in total. The molecule has 0 N–H and O–H groups in total. The van der Waals surface area contributed by atoms with Crippen molar-refractivity contribution >= 4 is 22.5 Å². The minimum atomic E-state index is -0.364. The molecule has 0 amide bonds. The van der Waals surface area contributed by atoms with Gasteiger partial charge in [-0.05, 0) is 30.5 Å². The third-order valence-electron chi connectivity index (χ3n) is 4.78. The van der Waals surface area contributed by atoms with Crippen LogP contribution in [-0.2, 0) is 20.1 Å². The third-order valence-corrected chi connectivity index (χ3v) is 5.17. The second kappa shape index (κ2) is 7.27. The van der Waals surface area contributed by atoms with Crippen molar-refractivity contribution in [1.29, 1.82) is 0 Å². The van der Waals surface area contributed by atoms with Crippen molar-refractivity contribution in [2.24, 2.45) is 13.0 Å². The number of hydrogen-bond donors (Lipinski definition) is 0. The summed E-state index contributed by atoms with van der Waals surface area (Å²) in [5.74, 6) is 1.03. The largest absolute Gasteiger partial charge is 0.497 e. The normalized spacial score (nSPS) is 11.5. The van der Waals surface area contributed by atoms with Gasteiger partial charge in [0.2, 0.25) is 0 Å².